The normalized spacial score (nSPS) is 18.9. The first-order valence-electron chi connectivity index (χ1n) is 14.9. The summed E-state index contributed by atoms with van der Waals surface area (Å²) in [6, 6.07) is 32.2. The maximum Gasteiger partial charge on any atom is 0.0544 e. The van der Waals surface area contributed by atoms with Gasteiger partial charge in [-0.15, -0.1) is 0 Å². The van der Waals surface area contributed by atoms with E-state index < -0.39 is 0 Å². The molecule has 0 spiro atoms. The third-order valence-corrected chi connectivity index (χ3v) is 9.81. The van der Waals surface area contributed by atoms with Crippen LogP contribution in [0, 0.1) is 5.92 Å². The van der Waals surface area contributed by atoms with Crippen molar-refractivity contribution < 1.29 is 0 Å². The van der Waals surface area contributed by atoms with Gasteiger partial charge in [0, 0.05) is 27.8 Å². The fraction of sp³-hybridized carbons (Fsp3) is 0.231. The SMILES string of the molecule is CC1=CCC(C(=C2CCC2)c2ccc(-n3c4ccccc4c4cc5c(cc43)C(C)(C)c3ccccc3-5)cc2)C=C1. The van der Waals surface area contributed by atoms with Crippen LogP contribution in [0.5, 0.6) is 0 Å². The Bertz CT molecular complexity index is 1910. The van der Waals surface area contributed by atoms with Crippen LogP contribution in [0.1, 0.15) is 63.1 Å². The lowest BCUT2D eigenvalue weighted by molar-refractivity contribution is 0.651. The molecule has 196 valence electrons. The van der Waals surface area contributed by atoms with E-state index in [0.717, 1.165) is 6.42 Å². The maximum absolute atomic E-state index is 2.48. The molecule has 40 heavy (non-hydrogen) atoms. The molecule has 0 bridgehead atoms. The van der Waals surface area contributed by atoms with Crippen molar-refractivity contribution in [3.05, 3.63) is 131 Å². The highest BCUT2D eigenvalue weighted by Crippen LogP contribution is 2.51. The van der Waals surface area contributed by atoms with Crippen molar-refractivity contribution in [2.24, 2.45) is 5.92 Å². The Labute approximate surface area is 237 Å². The molecule has 4 aromatic carbocycles. The summed E-state index contributed by atoms with van der Waals surface area (Å²) >= 11 is 0. The molecule has 3 aliphatic carbocycles. The van der Waals surface area contributed by atoms with E-state index in [2.05, 4.69) is 128 Å². The molecule has 1 nitrogen and oxygen atoms in total. The van der Waals surface area contributed by atoms with Gasteiger partial charge in [-0.3, -0.25) is 0 Å². The standard InChI is InChI=1S/C39H35N/c1-25-15-17-27(18-16-25)38(26-9-8-10-26)28-19-21-29(22-20-28)40-36-14-7-5-12-31(36)33-23-32-30-11-4-6-13-34(30)39(2,3)35(32)24-37(33)40/h4-7,11-17,19-24,27H,8-10,18H2,1-3H3. The van der Waals surface area contributed by atoms with E-state index in [1.165, 1.54) is 80.1 Å². The fourth-order valence-electron chi connectivity index (χ4n) is 7.48. The second kappa shape index (κ2) is 8.70. The van der Waals surface area contributed by atoms with E-state index >= 15 is 0 Å². The van der Waals surface area contributed by atoms with Crippen LogP contribution in [-0.2, 0) is 5.41 Å². The minimum atomic E-state index is -0.0184. The number of para-hydroxylation sites is 1. The molecule has 1 aromatic heterocycles. The lowest BCUT2D eigenvalue weighted by Gasteiger charge is -2.28. The summed E-state index contributed by atoms with van der Waals surface area (Å²) < 4.78 is 2.48. The number of fused-ring (bicyclic) bond motifs is 6. The van der Waals surface area contributed by atoms with E-state index in [1.54, 1.807) is 11.1 Å². The Morgan fingerprint density at radius 1 is 0.775 bits per heavy atom. The molecule has 1 heteroatoms. The van der Waals surface area contributed by atoms with Crippen molar-refractivity contribution in [3.8, 4) is 16.8 Å². The molecule has 5 aromatic rings. The molecule has 0 N–H and O–H groups in total. The van der Waals surface area contributed by atoms with Gasteiger partial charge in [0.1, 0.15) is 0 Å². The van der Waals surface area contributed by atoms with Crippen LogP contribution in [0.4, 0.5) is 0 Å². The second-order valence-corrected chi connectivity index (χ2v) is 12.5. The highest BCUT2D eigenvalue weighted by molar-refractivity contribution is 6.11. The molecular formula is C39H35N. The zero-order valence-corrected chi connectivity index (χ0v) is 23.7. The summed E-state index contributed by atoms with van der Waals surface area (Å²) in [5.41, 5.74) is 15.4. The van der Waals surface area contributed by atoms with Crippen LogP contribution in [-0.4, -0.2) is 4.57 Å². The zero-order valence-electron chi connectivity index (χ0n) is 23.7. The van der Waals surface area contributed by atoms with Gasteiger partial charge in [0.25, 0.3) is 0 Å². The van der Waals surface area contributed by atoms with Gasteiger partial charge in [-0.25, -0.2) is 0 Å². The summed E-state index contributed by atoms with van der Waals surface area (Å²) in [7, 11) is 0. The van der Waals surface area contributed by atoms with E-state index in [9.17, 15) is 0 Å². The predicted octanol–water partition coefficient (Wildman–Crippen LogP) is 10.5. The predicted molar refractivity (Wildman–Crippen MR) is 170 cm³/mol. The molecule has 1 fully saturated rings. The van der Waals surface area contributed by atoms with E-state index in [1.807, 2.05) is 0 Å². The molecule has 1 heterocycles. The highest BCUT2D eigenvalue weighted by Gasteiger charge is 2.36. The van der Waals surface area contributed by atoms with Crippen LogP contribution in [0.15, 0.2) is 114 Å². The third kappa shape index (κ3) is 3.40. The highest BCUT2D eigenvalue weighted by atomic mass is 15.0. The molecule has 1 atom stereocenters. The second-order valence-electron chi connectivity index (χ2n) is 12.5. The number of rotatable bonds is 3. The molecule has 8 rings (SSSR count). The average molecular weight is 518 g/mol. The smallest absolute Gasteiger partial charge is 0.0544 e. The van der Waals surface area contributed by atoms with Crippen molar-refractivity contribution in [3.63, 3.8) is 0 Å². The van der Waals surface area contributed by atoms with Crippen LogP contribution in [0.2, 0.25) is 0 Å². The van der Waals surface area contributed by atoms with E-state index in [0.29, 0.717) is 5.92 Å². The number of hydrogen-bond donors (Lipinski definition) is 0. The number of hydrogen-bond acceptors (Lipinski definition) is 0. The maximum atomic E-state index is 2.48. The minimum absolute atomic E-state index is 0.0184. The third-order valence-electron chi connectivity index (χ3n) is 9.81. The summed E-state index contributed by atoms with van der Waals surface area (Å²) in [6.45, 7) is 6.95. The molecule has 1 unspecified atom stereocenters. The van der Waals surface area contributed by atoms with Crippen molar-refractivity contribution in [2.75, 3.05) is 0 Å². The van der Waals surface area contributed by atoms with E-state index in [4.69, 9.17) is 0 Å². The molecule has 0 amide bonds. The van der Waals surface area contributed by atoms with Crippen molar-refractivity contribution >= 4 is 27.4 Å². The van der Waals surface area contributed by atoms with Crippen molar-refractivity contribution in [1.29, 1.82) is 0 Å². The molecule has 3 aliphatic rings. The lowest BCUT2D eigenvalue weighted by atomic mass is 9.77. The summed E-state index contributed by atoms with van der Waals surface area (Å²) in [6.07, 6.45) is 12.1. The van der Waals surface area contributed by atoms with Gasteiger partial charge in [0.15, 0.2) is 0 Å². The number of aromatic nitrogens is 1. The Morgan fingerprint density at radius 3 is 2.30 bits per heavy atom. The first-order chi connectivity index (χ1) is 19.5. The van der Waals surface area contributed by atoms with Gasteiger partial charge in [0.2, 0.25) is 0 Å². The van der Waals surface area contributed by atoms with Crippen LogP contribution in [0.25, 0.3) is 44.2 Å². The Kier molecular flexibility index (Phi) is 5.17. The number of benzene rings is 4. The quantitative estimate of drug-likeness (QED) is 0.224. The Hall–Kier alpha value is -4.10. The minimum Gasteiger partial charge on any atom is -0.309 e. The van der Waals surface area contributed by atoms with Gasteiger partial charge in [-0.1, -0.05) is 97.8 Å². The van der Waals surface area contributed by atoms with Crippen molar-refractivity contribution in [1.82, 2.24) is 4.57 Å². The monoisotopic (exact) mass is 517 g/mol. The van der Waals surface area contributed by atoms with Gasteiger partial charge < -0.3 is 4.57 Å². The summed E-state index contributed by atoms with van der Waals surface area (Å²) in [5, 5.41) is 2.65. The Balaban J connectivity index is 1.29. The van der Waals surface area contributed by atoms with Crippen LogP contribution in [0.3, 0.4) is 0 Å². The molecule has 1 saturated carbocycles. The van der Waals surface area contributed by atoms with Gasteiger partial charge in [-0.2, -0.15) is 0 Å². The summed E-state index contributed by atoms with van der Waals surface area (Å²) in [4.78, 5) is 0. The van der Waals surface area contributed by atoms with Crippen molar-refractivity contribution in [2.45, 2.75) is 51.9 Å². The Morgan fingerprint density at radius 2 is 1.55 bits per heavy atom. The van der Waals surface area contributed by atoms with Crippen LogP contribution >= 0.6 is 0 Å². The topological polar surface area (TPSA) is 4.93 Å². The lowest BCUT2D eigenvalue weighted by Crippen LogP contribution is -2.15. The molecule has 0 radical (unpaired) electrons. The number of allylic oxidation sites excluding steroid dienone is 6. The number of nitrogens with zero attached hydrogens (tertiary/aromatic N) is 1. The zero-order chi connectivity index (χ0) is 27.0. The van der Waals surface area contributed by atoms with E-state index in [-0.39, 0.29) is 5.41 Å². The first-order valence-corrected chi connectivity index (χ1v) is 14.9. The molecule has 0 aliphatic heterocycles. The van der Waals surface area contributed by atoms with Gasteiger partial charge in [-0.05, 0) is 96.3 Å². The van der Waals surface area contributed by atoms with Gasteiger partial charge in [0.05, 0.1) is 11.0 Å². The first kappa shape index (κ1) is 23.8. The summed E-state index contributed by atoms with van der Waals surface area (Å²) in [5.74, 6) is 0.490. The van der Waals surface area contributed by atoms with Crippen LogP contribution < -0.4 is 0 Å². The fourth-order valence-corrected chi connectivity index (χ4v) is 7.48. The molecule has 0 saturated heterocycles. The van der Waals surface area contributed by atoms with Gasteiger partial charge >= 0.3 is 0 Å². The molecular weight excluding hydrogens is 482 g/mol. The average Bonchev–Trinajstić information content (AvgIpc) is 3.39. The largest absolute Gasteiger partial charge is 0.309 e.